The minimum atomic E-state index is -0.692. The Morgan fingerprint density at radius 2 is 1.59 bits per heavy atom. The molecule has 0 aliphatic heterocycles. The van der Waals surface area contributed by atoms with Crippen LogP contribution in [0.1, 0.15) is 6.92 Å². The van der Waals surface area contributed by atoms with Gasteiger partial charge in [0.05, 0.1) is 14.2 Å². The van der Waals surface area contributed by atoms with Crippen molar-refractivity contribution in [1.82, 2.24) is 0 Å². The quantitative estimate of drug-likeness (QED) is 0.624. The molecule has 5 nitrogen and oxygen atoms in total. The zero-order chi connectivity index (χ0) is 16.1. The highest BCUT2D eigenvalue weighted by Gasteiger charge is 2.15. The van der Waals surface area contributed by atoms with Crippen molar-refractivity contribution in [3.05, 3.63) is 42.2 Å². The van der Waals surface area contributed by atoms with Crippen LogP contribution < -0.4 is 18.9 Å². The van der Waals surface area contributed by atoms with Gasteiger partial charge in [0.25, 0.3) is 0 Å². The first-order valence-corrected chi connectivity index (χ1v) is 6.41. The Morgan fingerprint density at radius 1 is 1.00 bits per heavy atom. The maximum Gasteiger partial charge on any atom is 0.308 e. The van der Waals surface area contributed by atoms with Gasteiger partial charge < -0.3 is 18.9 Å². The Labute approximate surface area is 127 Å². The molecule has 2 aromatic rings. The molecule has 0 atom stereocenters. The first kappa shape index (κ1) is 15.6. The molecular weight excluding hydrogens is 291 g/mol. The predicted octanol–water partition coefficient (Wildman–Crippen LogP) is 3.56. The summed E-state index contributed by atoms with van der Waals surface area (Å²) in [5.74, 6) is -0.141. The number of carbonyl (C=O) groups excluding carboxylic acids is 1. The molecule has 0 saturated carbocycles. The van der Waals surface area contributed by atoms with E-state index in [4.69, 9.17) is 18.9 Å². The van der Waals surface area contributed by atoms with Crippen LogP contribution in [0.4, 0.5) is 4.39 Å². The van der Waals surface area contributed by atoms with Gasteiger partial charge in [0.15, 0.2) is 11.6 Å². The van der Waals surface area contributed by atoms with Gasteiger partial charge in [-0.3, -0.25) is 4.79 Å². The van der Waals surface area contributed by atoms with E-state index in [1.54, 1.807) is 18.2 Å². The van der Waals surface area contributed by atoms with Crippen LogP contribution in [0.5, 0.6) is 28.7 Å². The predicted molar refractivity (Wildman–Crippen MR) is 77.3 cm³/mol. The molecule has 116 valence electrons. The highest BCUT2D eigenvalue weighted by molar-refractivity contribution is 5.70. The minimum absolute atomic E-state index is 0.0745. The lowest BCUT2D eigenvalue weighted by molar-refractivity contribution is -0.132. The average Bonchev–Trinajstić information content (AvgIpc) is 2.50. The number of esters is 1. The summed E-state index contributed by atoms with van der Waals surface area (Å²) in [7, 11) is 3.01. The van der Waals surface area contributed by atoms with Gasteiger partial charge in [-0.1, -0.05) is 6.07 Å². The van der Waals surface area contributed by atoms with E-state index in [9.17, 15) is 9.18 Å². The van der Waals surface area contributed by atoms with Crippen LogP contribution in [0, 0.1) is 5.82 Å². The van der Waals surface area contributed by atoms with E-state index in [0.717, 1.165) is 0 Å². The summed E-state index contributed by atoms with van der Waals surface area (Å²) in [5, 5.41) is 0. The lowest BCUT2D eigenvalue weighted by Crippen LogP contribution is -2.04. The van der Waals surface area contributed by atoms with E-state index in [0.29, 0.717) is 17.2 Å². The number of ether oxygens (including phenoxy) is 4. The van der Waals surface area contributed by atoms with Crippen LogP contribution in [-0.4, -0.2) is 20.2 Å². The van der Waals surface area contributed by atoms with Crippen molar-refractivity contribution in [3.8, 4) is 28.7 Å². The number of rotatable bonds is 5. The monoisotopic (exact) mass is 306 g/mol. The number of hydrogen-bond donors (Lipinski definition) is 0. The van der Waals surface area contributed by atoms with Gasteiger partial charge >= 0.3 is 5.97 Å². The topological polar surface area (TPSA) is 54.0 Å². The summed E-state index contributed by atoms with van der Waals surface area (Å²) < 4.78 is 34.5. The number of benzene rings is 2. The van der Waals surface area contributed by atoms with Crippen LogP contribution >= 0.6 is 0 Å². The Bertz CT molecular complexity index is 662. The summed E-state index contributed by atoms with van der Waals surface area (Å²) in [4.78, 5) is 11.1. The maximum absolute atomic E-state index is 13.8. The van der Waals surface area contributed by atoms with E-state index in [2.05, 4.69) is 0 Å². The van der Waals surface area contributed by atoms with Crippen molar-refractivity contribution in [2.45, 2.75) is 6.92 Å². The summed E-state index contributed by atoms with van der Waals surface area (Å²) >= 11 is 0. The van der Waals surface area contributed by atoms with Crippen molar-refractivity contribution in [2.24, 2.45) is 0 Å². The summed E-state index contributed by atoms with van der Waals surface area (Å²) in [6.45, 7) is 1.19. The molecule has 0 radical (unpaired) electrons. The van der Waals surface area contributed by atoms with Gasteiger partial charge in [-0.2, -0.15) is 0 Å². The van der Waals surface area contributed by atoms with E-state index in [1.165, 1.54) is 39.3 Å². The van der Waals surface area contributed by atoms with Crippen LogP contribution in [0.25, 0.3) is 0 Å². The molecule has 0 aliphatic rings. The molecule has 0 aromatic heterocycles. The van der Waals surface area contributed by atoms with Crippen molar-refractivity contribution in [1.29, 1.82) is 0 Å². The van der Waals surface area contributed by atoms with Crippen molar-refractivity contribution in [3.63, 3.8) is 0 Å². The van der Waals surface area contributed by atoms with E-state index in [-0.39, 0.29) is 11.5 Å². The summed E-state index contributed by atoms with van der Waals surface area (Å²) in [5.41, 5.74) is 0. The van der Waals surface area contributed by atoms with Gasteiger partial charge in [-0.15, -0.1) is 0 Å². The fourth-order valence-electron chi connectivity index (χ4n) is 1.78. The fraction of sp³-hybridized carbons (Fsp3) is 0.188. The normalized spacial score (nSPS) is 10.0. The lowest BCUT2D eigenvalue weighted by Gasteiger charge is -2.13. The molecule has 6 heteroatoms. The van der Waals surface area contributed by atoms with Crippen LogP contribution in [-0.2, 0) is 4.79 Å². The van der Waals surface area contributed by atoms with Crippen molar-refractivity contribution >= 4 is 5.97 Å². The molecule has 0 heterocycles. The molecule has 2 aromatic carbocycles. The third kappa shape index (κ3) is 3.66. The molecule has 0 aliphatic carbocycles. The zero-order valence-electron chi connectivity index (χ0n) is 12.4. The average molecular weight is 306 g/mol. The smallest absolute Gasteiger partial charge is 0.308 e. The molecular formula is C16H15FO5. The molecule has 0 fully saturated rings. The number of hydrogen-bond acceptors (Lipinski definition) is 5. The molecule has 2 rings (SSSR count). The third-order valence-corrected chi connectivity index (χ3v) is 2.73. The fourth-order valence-corrected chi connectivity index (χ4v) is 1.78. The van der Waals surface area contributed by atoms with Crippen LogP contribution in [0.3, 0.4) is 0 Å². The number of para-hydroxylation sites is 1. The number of carbonyl (C=O) groups is 1. The second kappa shape index (κ2) is 6.80. The van der Waals surface area contributed by atoms with Gasteiger partial charge in [-0.25, -0.2) is 4.39 Å². The molecule has 0 spiro atoms. The number of methoxy groups -OCH3 is 2. The van der Waals surface area contributed by atoms with Gasteiger partial charge in [0, 0.05) is 25.1 Å². The van der Waals surface area contributed by atoms with E-state index in [1.807, 2.05) is 0 Å². The molecule has 22 heavy (non-hydrogen) atoms. The van der Waals surface area contributed by atoms with Crippen molar-refractivity contribution in [2.75, 3.05) is 14.2 Å². The van der Waals surface area contributed by atoms with E-state index >= 15 is 0 Å². The summed E-state index contributed by atoms with van der Waals surface area (Å²) in [6.07, 6.45) is 0. The Hall–Kier alpha value is -2.76. The highest BCUT2D eigenvalue weighted by atomic mass is 19.1. The Morgan fingerprint density at radius 3 is 2.14 bits per heavy atom. The summed E-state index contributed by atoms with van der Waals surface area (Å²) in [6, 6.07) is 9.00. The second-order valence-electron chi connectivity index (χ2n) is 4.31. The molecule has 0 unspecified atom stereocenters. The highest BCUT2D eigenvalue weighted by Crippen LogP contribution is 2.36. The minimum Gasteiger partial charge on any atom is -0.496 e. The lowest BCUT2D eigenvalue weighted by atomic mass is 10.2. The molecule has 0 bridgehead atoms. The third-order valence-electron chi connectivity index (χ3n) is 2.73. The molecule has 0 saturated heterocycles. The first-order valence-electron chi connectivity index (χ1n) is 6.41. The largest absolute Gasteiger partial charge is 0.496 e. The van der Waals surface area contributed by atoms with E-state index < -0.39 is 11.8 Å². The van der Waals surface area contributed by atoms with Crippen LogP contribution in [0.2, 0.25) is 0 Å². The van der Waals surface area contributed by atoms with Gasteiger partial charge in [-0.05, 0) is 12.1 Å². The molecule has 0 amide bonds. The number of halogens is 1. The Kier molecular flexibility index (Phi) is 4.83. The first-order chi connectivity index (χ1) is 10.5. The van der Waals surface area contributed by atoms with Crippen molar-refractivity contribution < 1.29 is 28.1 Å². The zero-order valence-corrected chi connectivity index (χ0v) is 12.4. The second-order valence-corrected chi connectivity index (χ2v) is 4.31. The molecule has 0 N–H and O–H groups in total. The van der Waals surface area contributed by atoms with Crippen LogP contribution in [0.15, 0.2) is 36.4 Å². The van der Waals surface area contributed by atoms with Gasteiger partial charge in [0.1, 0.15) is 17.2 Å². The maximum atomic E-state index is 13.8. The Balaban J connectivity index is 2.38. The SMILES string of the molecule is COc1cc(OC)cc(Oc2cccc(F)c2OC(C)=O)c1. The standard InChI is InChI=1S/C16H15FO5/c1-10(18)21-16-14(17)5-4-6-15(16)22-13-8-11(19-2)7-12(9-13)20-3/h4-9H,1-3H3. The van der Waals surface area contributed by atoms with Gasteiger partial charge in [0.2, 0.25) is 5.75 Å².